The van der Waals surface area contributed by atoms with Gasteiger partial charge in [0.2, 0.25) is 5.91 Å². The number of nitrogens with zero attached hydrogens (tertiary/aromatic N) is 5. The molecule has 274 valence electrons. The summed E-state index contributed by atoms with van der Waals surface area (Å²) in [6, 6.07) is 0.0423. The summed E-state index contributed by atoms with van der Waals surface area (Å²) in [6.07, 6.45) is 2.05. The molecule has 4 heterocycles. The Morgan fingerprint density at radius 3 is 2.43 bits per heavy atom. The molecule has 0 unspecified atom stereocenters. The molecule has 0 radical (unpaired) electrons. The first-order valence-electron chi connectivity index (χ1n) is 16.5. The van der Waals surface area contributed by atoms with Crippen molar-refractivity contribution in [3.05, 3.63) is 34.1 Å². The van der Waals surface area contributed by atoms with E-state index in [1.54, 1.807) is 46.1 Å². The monoisotopic (exact) mass is 774 g/mol. The second-order valence-corrected chi connectivity index (χ2v) is 15.5. The van der Waals surface area contributed by atoms with Crippen molar-refractivity contribution in [2.75, 3.05) is 24.6 Å². The van der Waals surface area contributed by atoms with Gasteiger partial charge >= 0.3 is 18.3 Å². The van der Waals surface area contributed by atoms with Gasteiger partial charge in [-0.15, -0.1) is 0 Å². The van der Waals surface area contributed by atoms with Crippen LogP contribution in [0.1, 0.15) is 71.9 Å². The van der Waals surface area contributed by atoms with E-state index < -0.39 is 40.8 Å². The van der Waals surface area contributed by atoms with E-state index in [0.717, 1.165) is 19.2 Å². The molecule has 1 saturated carbocycles. The molecule has 0 spiro atoms. The van der Waals surface area contributed by atoms with Gasteiger partial charge in [0.15, 0.2) is 11.2 Å². The Bertz CT molecular complexity index is 1900. The highest BCUT2D eigenvalue weighted by Gasteiger charge is 2.49. The summed E-state index contributed by atoms with van der Waals surface area (Å²) in [5, 5.41) is 7.87. The smallest absolute Gasteiger partial charge is 0.423 e. The number of imidazole rings is 1. The molecule has 2 fully saturated rings. The number of anilines is 1. The Morgan fingerprint density at radius 1 is 1.04 bits per heavy atom. The van der Waals surface area contributed by atoms with Gasteiger partial charge in [0, 0.05) is 30.1 Å². The highest BCUT2D eigenvalue weighted by molar-refractivity contribution is 9.10. The third-order valence-electron chi connectivity index (χ3n) is 8.26. The first kappa shape index (κ1) is 36.1. The average molecular weight is 776 g/mol. The molecule has 3 aromatic rings. The van der Waals surface area contributed by atoms with Crippen LogP contribution in [0.25, 0.3) is 11.2 Å². The molecule has 18 heteroatoms. The van der Waals surface area contributed by atoms with Crippen molar-refractivity contribution in [3.63, 3.8) is 0 Å². The van der Waals surface area contributed by atoms with E-state index in [4.69, 9.17) is 18.9 Å². The van der Waals surface area contributed by atoms with Gasteiger partial charge in [0.1, 0.15) is 34.6 Å². The molecule has 0 bridgehead atoms. The molecule has 2 aliphatic heterocycles. The number of hydrogen-bond donors (Lipinski definition) is 3. The fourth-order valence-electron chi connectivity index (χ4n) is 5.98. The van der Waals surface area contributed by atoms with Crippen molar-refractivity contribution in [1.82, 2.24) is 35.5 Å². The third-order valence-corrected chi connectivity index (χ3v) is 9.08. The van der Waals surface area contributed by atoms with Crippen LogP contribution < -0.4 is 30.3 Å². The first-order valence-corrected chi connectivity index (χ1v) is 17.3. The number of nitrogens with one attached hydrogen (secondary N) is 3. The molecule has 6 rings (SSSR count). The zero-order valence-corrected chi connectivity index (χ0v) is 30.7. The van der Waals surface area contributed by atoms with E-state index in [0.29, 0.717) is 35.5 Å². The lowest BCUT2D eigenvalue weighted by Gasteiger charge is -2.32. The zero-order chi connectivity index (χ0) is 36.9. The van der Waals surface area contributed by atoms with Gasteiger partial charge in [-0.3, -0.25) is 4.79 Å². The van der Waals surface area contributed by atoms with Crippen LogP contribution in [0, 0.1) is 5.82 Å². The molecule has 16 nitrogen and oxygen atoms in total. The van der Waals surface area contributed by atoms with Gasteiger partial charge in [0.25, 0.3) is 5.88 Å². The summed E-state index contributed by atoms with van der Waals surface area (Å²) in [5.41, 5.74) is -1.21. The maximum Gasteiger partial charge on any atom is 0.423 e. The van der Waals surface area contributed by atoms with Crippen LogP contribution in [0.3, 0.4) is 0 Å². The quantitative estimate of drug-likeness (QED) is 0.306. The minimum atomic E-state index is -1.34. The lowest BCUT2D eigenvalue weighted by molar-refractivity contribution is -0.127. The van der Waals surface area contributed by atoms with Crippen molar-refractivity contribution < 1.29 is 42.5 Å². The number of alkyl carbamates (subject to hydrolysis) is 2. The normalized spacial score (nSPS) is 18.5. The van der Waals surface area contributed by atoms with E-state index in [9.17, 15) is 19.2 Å². The number of carbonyl (C=O) groups is 4. The average Bonchev–Trinajstić information content (AvgIpc) is 3.35. The van der Waals surface area contributed by atoms with Crippen molar-refractivity contribution in [2.24, 2.45) is 0 Å². The van der Waals surface area contributed by atoms with Crippen LogP contribution in [0.4, 0.5) is 24.5 Å². The van der Waals surface area contributed by atoms with E-state index in [2.05, 4.69) is 41.5 Å². The number of aromatic nitrogens is 4. The lowest BCUT2D eigenvalue weighted by Crippen LogP contribution is -2.61. The van der Waals surface area contributed by atoms with Gasteiger partial charge < -0.3 is 39.0 Å². The highest BCUT2D eigenvalue weighted by Crippen LogP contribution is 2.47. The van der Waals surface area contributed by atoms with Crippen LogP contribution >= 0.6 is 15.9 Å². The van der Waals surface area contributed by atoms with Gasteiger partial charge in [-0.05, 0) is 76.7 Å². The van der Waals surface area contributed by atoms with Gasteiger partial charge in [-0.2, -0.15) is 4.98 Å². The van der Waals surface area contributed by atoms with Gasteiger partial charge in [0.05, 0.1) is 36.2 Å². The zero-order valence-electron chi connectivity index (χ0n) is 29.1. The summed E-state index contributed by atoms with van der Waals surface area (Å²) < 4.78 is 39.6. The predicted molar refractivity (Wildman–Crippen MR) is 183 cm³/mol. The van der Waals surface area contributed by atoms with Crippen LogP contribution in [0.15, 0.2) is 17.1 Å². The van der Waals surface area contributed by atoms with Gasteiger partial charge in [-0.25, -0.2) is 34.1 Å². The lowest BCUT2D eigenvalue weighted by atomic mass is 9.97. The number of imide groups is 1. The molecule has 3 N–H and O–H groups in total. The second-order valence-electron chi connectivity index (χ2n) is 14.7. The maximum absolute atomic E-state index is 15.9. The van der Waals surface area contributed by atoms with Crippen LogP contribution in [0.2, 0.25) is 0 Å². The molecule has 51 heavy (non-hydrogen) atoms. The molecule has 2 aromatic heterocycles. The molecule has 1 aromatic carbocycles. The number of ether oxygens (including phenoxy) is 4. The van der Waals surface area contributed by atoms with Gasteiger partial charge in [-0.1, -0.05) is 0 Å². The van der Waals surface area contributed by atoms with Crippen molar-refractivity contribution in [2.45, 2.75) is 96.6 Å². The van der Waals surface area contributed by atoms with E-state index in [1.807, 2.05) is 10.2 Å². The Kier molecular flexibility index (Phi) is 9.49. The summed E-state index contributed by atoms with van der Waals surface area (Å²) in [5.74, 6) is -0.670. The second kappa shape index (κ2) is 13.4. The Labute approximate surface area is 301 Å². The Hall–Kier alpha value is -4.74. The first-order chi connectivity index (χ1) is 23.9. The number of fused-ring (bicyclic) bond motifs is 2. The summed E-state index contributed by atoms with van der Waals surface area (Å²) in [6.45, 7) is 10.8. The van der Waals surface area contributed by atoms with E-state index in [-0.39, 0.29) is 59.6 Å². The highest BCUT2D eigenvalue weighted by atomic mass is 79.9. The molecular weight excluding hydrogens is 735 g/mol. The number of amides is 4. The fraction of sp³-hybridized carbons (Fsp3) is 0.545. The Balaban J connectivity index is 1.32. The van der Waals surface area contributed by atoms with Crippen molar-refractivity contribution >= 4 is 57.0 Å². The fourth-order valence-corrected chi connectivity index (χ4v) is 6.53. The molecule has 4 amide bonds. The summed E-state index contributed by atoms with van der Waals surface area (Å²) in [7, 11) is 0. The molecule has 3 aliphatic rings. The number of carbonyl (C=O) groups excluding carboxylic acids is 4. The molecule has 1 aliphatic carbocycles. The number of rotatable bonds is 7. The standard InChI is InChI=1S/C33H40BrFN8O8/c1-31(2,3)50-29(46)40-28(45)49-26-22-25(36-15-37-26)43(16-38-22)13-19-20(34)21(35)18-9-12-48-24(18)23(19)42-11-10-33(14-42,27(44)39-17-7-8-17)41-30(47)51-32(4,5)6/h15-17H,7-14H2,1-6H3,(H,39,44)(H,41,47)(H,40,45,46)/t33-/m1/s1. The minimum Gasteiger partial charge on any atom is -0.491 e. The van der Waals surface area contributed by atoms with Crippen LogP contribution in [-0.2, 0) is 27.2 Å². The minimum absolute atomic E-state index is 0.0117. The molecule has 1 atom stereocenters. The predicted octanol–water partition coefficient (Wildman–Crippen LogP) is 4.49. The van der Waals surface area contributed by atoms with Crippen molar-refractivity contribution in [3.8, 4) is 11.6 Å². The summed E-state index contributed by atoms with van der Waals surface area (Å²) in [4.78, 5) is 66.0. The molecule has 1 saturated heterocycles. The van der Waals surface area contributed by atoms with Crippen molar-refractivity contribution in [1.29, 1.82) is 0 Å². The number of halogens is 2. The third kappa shape index (κ3) is 7.94. The maximum atomic E-state index is 15.9. The number of hydrogen-bond acceptors (Lipinski definition) is 12. The van der Waals surface area contributed by atoms with E-state index in [1.165, 1.54) is 6.33 Å². The van der Waals surface area contributed by atoms with Crippen LogP contribution in [0.5, 0.6) is 11.6 Å². The number of benzene rings is 1. The largest absolute Gasteiger partial charge is 0.491 e. The SMILES string of the molecule is CC(C)(C)OC(=O)NC(=O)Oc1ncnc2c1ncn2Cc1c(Br)c(F)c2c(c1N1CC[C@](NC(=O)OC(C)(C)C)(C(=O)NC3CC3)C1)OCC2. The van der Waals surface area contributed by atoms with E-state index >= 15 is 4.39 Å². The topological polar surface area (TPSA) is 188 Å². The van der Waals surface area contributed by atoms with Crippen LogP contribution in [-0.4, -0.2) is 86.2 Å². The molecular formula is C33H40BrFN8O8. The summed E-state index contributed by atoms with van der Waals surface area (Å²) >= 11 is 3.49. The Morgan fingerprint density at radius 2 is 1.75 bits per heavy atom.